The molecular weight excluding hydrogens is 282 g/mol. The molecule has 0 radical (unpaired) electrons. The number of hydrogen-bond acceptors (Lipinski definition) is 2. The van der Waals surface area contributed by atoms with E-state index in [4.69, 9.17) is 4.74 Å². The average Bonchev–Trinajstić information content (AvgIpc) is 2.32. The van der Waals surface area contributed by atoms with Crippen LogP contribution < -0.4 is 10.3 Å². The lowest BCUT2D eigenvalue weighted by Gasteiger charge is -2.30. The van der Waals surface area contributed by atoms with Crippen LogP contribution in [0.2, 0.25) is 0 Å². The fourth-order valence-corrected chi connectivity index (χ4v) is 3.13. The Bertz CT molecular complexity index is 455. The molecule has 0 aromatic carbocycles. The van der Waals surface area contributed by atoms with Crippen molar-refractivity contribution in [3.63, 3.8) is 0 Å². The summed E-state index contributed by atoms with van der Waals surface area (Å²) >= 11 is 3.44. The van der Waals surface area contributed by atoms with Crippen LogP contribution in [0.15, 0.2) is 21.5 Å². The first-order valence-electron chi connectivity index (χ1n) is 6.09. The maximum atomic E-state index is 12.1. The molecule has 17 heavy (non-hydrogen) atoms. The fourth-order valence-electron chi connectivity index (χ4n) is 2.63. The van der Waals surface area contributed by atoms with Crippen LogP contribution in [-0.4, -0.2) is 11.7 Å². The Labute approximate surface area is 110 Å². The van der Waals surface area contributed by atoms with E-state index in [0.717, 1.165) is 10.9 Å². The minimum atomic E-state index is 0.0313. The Morgan fingerprint density at radius 1 is 1.41 bits per heavy atom. The van der Waals surface area contributed by atoms with Crippen LogP contribution in [-0.2, 0) is 0 Å². The highest BCUT2D eigenvalue weighted by molar-refractivity contribution is 9.10. The summed E-state index contributed by atoms with van der Waals surface area (Å²) in [5.41, 5.74) is 0.0313. The van der Waals surface area contributed by atoms with E-state index in [9.17, 15) is 4.79 Å². The van der Waals surface area contributed by atoms with Gasteiger partial charge in [0.05, 0.1) is 11.6 Å². The topological polar surface area (TPSA) is 31.2 Å². The molecule has 2 rings (SSSR count). The van der Waals surface area contributed by atoms with Crippen molar-refractivity contribution in [2.24, 2.45) is 5.92 Å². The van der Waals surface area contributed by atoms with Crippen LogP contribution in [0.5, 0.6) is 5.75 Å². The average molecular weight is 300 g/mol. The van der Waals surface area contributed by atoms with Crippen LogP contribution in [0.1, 0.15) is 38.6 Å². The second kappa shape index (κ2) is 5.25. The van der Waals surface area contributed by atoms with E-state index in [2.05, 4.69) is 22.9 Å². The molecule has 1 fully saturated rings. The third-order valence-corrected chi connectivity index (χ3v) is 4.24. The molecule has 2 atom stereocenters. The number of hydrogen-bond donors (Lipinski definition) is 0. The molecular formula is C13H18BrNO2. The molecule has 1 aliphatic carbocycles. The van der Waals surface area contributed by atoms with E-state index >= 15 is 0 Å². The molecule has 0 saturated heterocycles. The molecule has 2 unspecified atom stereocenters. The maximum absolute atomic E-state index is 12.1. The third kappa shape index (κ3) is 2.57. The van der Waals surface area contributed by atoms with E-state index in [0.29, 0.717) is 17.7 Å². The van der Waals surface area contributed by atoms with Crippen LogP contribution >= 0.6 is 15.9 Å². The van der Waals surface area contributed by atoms with E-state index < -0.39 is 0 Å². The van der Waals surface area contributed by atoms with Gasteiger partial charge in [0, 0.05) is 18.3 Å². The van der Waals surface area contributed by atoms with Crippen molar-refractivity contribution in [3.05, 3.63) is 27.1 Å². The monoisotopic (exact) mass is 299 g/mol. The quantitative estimate of drug-likeness (QED) is 0.838. The van der Waals surface area contributed by atoms with Gasteiger partial charge in [-0.15, -0.1) is 0 Å². The Balaban J connectivity index is 2.38. The van der Waals surface area contributed by atoms with Gasteiger partial charge in [0.15, 0.2) is 0 Å². The lowest BCUT2D eigenvalue weighted by Crippen LogP contribution is -2.30. The predicted molar refractivity (Wildman–Crippen MR) is 71.6 cm³/mol. The number of halogens is 1. The van der Waals surface area contributed by atoms with E-state index in [1.807, 2.05) is 10.8 Å². The molecule has 1 heterocycles. The second-order valence-corrected chi connectivity index (χ2v) is 5.62. The van der Waals surface area contributed by atoms with Gasteiger partial charge in [-0.05, 0) is 34.7 Å². The highest BCUT2D eigenvalue weighted by Crippen LogP contribution is 2.34. The lowest BCUT2D eigenvalue weighted by molar-refractivity contribution is 0.251. The van der Waals surface area contributed by atoms with Crippen LogP contribution in [0.4, 0.5) is 0 Å². The fraction of sp³-hybridized carbons (Fsp3) is 0.615. The summed E-state index contributed by atoms with van der Waals surface area (Å²) < 4.78 is 7.84. The molecule has 4 heteroatoms. The first kappa shape index (κ1) is 12.7. The summed E-state index contributed by atoms with van der Waals surface area (Å²) in [5.74, 6) is 1.18. The smallest absolute Gasteiger partial charge is 0.254 e. The summed E-state index contributed by atoms with van der Waals surface area (Å²) in [6.45, 7) is 2.23. The number of aromatic nitrogens is 1. The number of nitrogens with zero attached hydrogens (tertiary/aromatic N) is 1. The molecule has 0 amide bonds. The first-order chi connectivity index (χ1) is 8.13. The summed E-state index contributed by atoms with van der Waals surface area (Å²) in [6, 6.07) is 1.89. The van der Waals surface area contributed by atoms with Gasteiger partial charge in [-0.2, -0.15) is 0 Å². The normalized spacial score (nSPS) is 24.6. The van der Waals surface area contributed by atoms with Crippen LogP contribution in [0, 0.1) is 5.92 Å². The SMILES string of the molecule is COc1cc(=O)n(C2CCCCC2C)cc1Br. The Morgan fingerprint density at radius 3 is 2.76 bits per heavy atom. The van der Waals surface area contributed by atoms with Gasteiger partial charge >= 0.3 is 0 Å². The van der Waals surface area contributed by atoms with Gasteiger partial charge < -0.3 is 9.30 Å². The van der Waals surface area contributed by atoms with Crippen molar-refractivity contribution in [1.82, 2.24) is 4.57 Å². The molecule has 3 nitrogen and oxygen atoms in total. The van der Waals surface area contributed by atoms with Crippen molar-refractivity contribution < 1.29 is 4.74 Å². The minimum Gasteiger partial charge on any atom is -0.495 e. The first-order valence-corrected chi connectivity index (χ1v) is 6.88. The van der Waals surface area contributed by atoms with Gasteiger partial charge in [0.25, 0.3) is 5.56 Å². The van der Waals surface area contributed by atoms with Gasteiger partial charge in [-0.3, -0.25) is 4.79 Å². The zero-order valence-electron chi connectivity index (χ0n) is 10.3. The van der Waals surface area contributed by atoms with Crippen molar-refractivity contribution in [2.75, 3.05) is 7.11 Å². The maximum Gasteiger partial charge on any atom is 0.254 e. The Morgan fingerprint density at radius 2 is 2.12 bits per heavy atom. The zero-order valence-corrected chi connectivity index (χ0v) is 11.9. The number of ether oxygens (including phenoxy) is 1. The third-order valence-electron chi connectivity index (χ3n) is 3.64. The molecule has 1 aliphatic rings. The minimum absolute atomic E-state index is 0.0313. The van der Waals surface area contributed by atoms with Crippen molar-refractivity contribution in [1.29, 1.82) is 0 Å². The summed E-state index contributed by atoms with van der Waals surface area (Å²) in [6.07, 6.45) is 6.67. The summed E-state index contributed by atoms with van der Waals surface area (Å²) in [4.78, 5) is 12.1. The molecule has 0 spiro atoms. The van der Waals surface area contributed by atoms with Crippen molar-refractivity contribution >= 4 is 15.9 Å². The van der Waals surface area contributed by atoms with Gasteiger partial charge in [0.1, 0.15) is 5.75 Å². The molecule has 0 bridgehead atoms. The van der Waals surface area contributed by atoms with Gasteiger partial charge in [-0.1, -0.05) is 19.8 Å². The highest BCUT2D eigenvalue weighted by atomic mass is 79.9. The van der Waals surface area contributed by atoms with E-state index in [1.54, 1.807) is 13.2 Å². The van der Waals surface area contributed by atoms with Gasteiger partial charge in [0.2, 0.25) is 0 Å². The molecule has 1 aromatic heterocycles. The molecule has 1 saturated carbocycles. The number of pyridine rings is 1. The van der Waals surface area contributed by atoms with Gasteiger partial charge in [-0.25, -0.2) is 0 Å². The zero-order chi connectivity index (χ0) is 12.4. The van der Waals surface area contributed by atoms with Crippen molar-refractivity contribution in [3.8, 4) is 5.75 Å². The molecule has 0 N–H and O–H groups in total. The lowest BCUT2D eigenvalue weighted by atomic mass is 9.85. The van der Waals surface area contributed by atoms with E-state index in [1.165, 1.54) is 19.3 Å². The summed E-state index contributed by atoms with van der Waals surface area (Å²) in [5, 5.41) is 0. The van der Waals surface area contributed by atoms with Crippen LogP contribution in [0.3, 0.4) is 0 Å². The Kier molecular flexibility index (Phi) is 3.92. The second-order valence-electron chi connectivity index (χ2n) is 4.76. The number of rotatable bonds is 2. The largest absolute Gasteiger partial charge is 0.495 e. The number of methoxy groups -OCH3 is 1. The van der Waals surface area contributed by atoms with Crippen molar-refractivity contribution in [2.45, 2.75) is 38.6 Å². The standard InChI is InChI=1S/C13H18BrNO2/c1-9-5-3-4-6-11(9)15-8-10(14)12(17-2)7-13(15)16/h7-9,11H,3-6H2,1-2H3. The molecule has 1 aromatic rings. The molecule has 0 aliphatic heterocycles. The van der Waals surface area contributed by atoms with E-state index in [-0.39, 0.29) is 5.56 Å². The predicted octanol–water partition coefficient (Wildman–Crippen LogP) is 3.37. The highest BCUT2D eigenvalue weighted by Gasteiger charge is 2.24. The summed E-state index contributed by atoms with van der Waals surface area (Å²) in [7, 11) is 1.58. The molecule has 94 valence electrons. The Hall–Kier alpha value is -0.770. The van der Waals surface area contributed by atoms with Crippen LogP contribution in [0.25, 0.3) is 0 Å².